The van der Waals surface area contributed by atoms with Crippen molar-refractivity contribution in [3.05, 3.63) is 24.3 Å². The van der Waals surface area contributed by atoms with Crippen LogP contribution in [0, 0.1) is 0 Å². The van der Waals surface area contributed by atoms with Crippen LogP contribution in [0.4, 0.5) is 0 Å². The Morgan fingerprint density at radius 1 is 1.39 bits per heavy atom. The Labute approximate surface area is 111 Å². The van der Waals surface area contributed by atoms with Crippen LogP contribution in [0.15, 0.2) is 29.2 Å². The summed E-state index contributed by atoms with van der Waals surface area (Å²) in [4.78, 5) is 11.3. The van der Waals surface area contributed by atoms with Crippen LogP contribution in [0.25, 0.3) is 0 Å². The number of carbonyl (C=O) groups excluding carboxylic acids is 1. The van der Waals surface area contributed by atoms with Crippen LogP contribution < -0.4 is 10.5 Å². The van der Waals surface area contributed by atoms with Gasteiger partial charge in [-0.1, -0.05) is 0 Å². The lowest BCUT2D eigenvalue weighted by molar-refractivity contribution is -0.136. The zero-order valence-corrected chi connectivity index (χ0v) is 11.2. The minimum atomic E-state index is -3.27. The number of aliphatic hydroxyl groups excluding tert-OH is 1. The molecule has 6 nitrogen and oxygen atoms in total. The van der Waals surface area contributed by atoms with Crippen LogP contribution in [-0.4, -0.2) is 38.4 Å². The van der Waals surface area contributed by atoms with Crippen LogP contribution in [0.5, 0.6) is 5.75 Å². The number of carbonyl (C=O) groups is 1. The highest BCUT2D eigenvalue weighted by atomic mass is 35.5. The van der Waals surface area contributed by atoms with E-state index in [1.807, 2.05) is 0 Å². The summed E-state index contributed by atoms with van der Waals surface area (Å²) in [7, 11) is -3.27. The zero-order valence-electron chi connectivity index (χ0n) is 9.57. The fraction of sp³-hybridized carbons (Fsp3) is 0.300. The Morgan fingerprint density at radius 3 is 2.28 bits per heavy atom. The summed E-state index contributed by atoms with van der Waals surface area (Å²) in [6, 6.07) is 4.23. The Hall–Kier alpha value is -1.15. The molecule has 0 fully saturated rings. The number of benzene rings is 1. The van der Waals surface area contributed by atoms with Gasteiger partial charge in [0.2, 0.25) is 0 Å². The van der Waals surface area contributed by atoms with Crippen LogP contribution in [0.3, 0.4) is 0 Å². The maximum absolute atomic E-state index is 11.2. The van der Waals surface area contributed by atoms with Crippen LogP contribution in [-0.2, 0) is 14.6 Å². The molecule has 0 aliphatic carbocycles. The number of hydrogen-bond acceptors (Lipinski definition) is 6. The van der Waals surface area contributed by atoms with Crippen LogP contribution in [0.2, 0.25) is 0 Å². The van der Waals surface area contributed by atoms with Crippen LogP contribution in [0.1, 0.15) is 0 Å². The third-order valence-corrected chi connectivity index (χ3v) is 3.10. The van der Waals surface area contributed by atoms with E-state index in [0.29, 0.717) is 0 Å². The number of rotatable bonds is 4. The molecule has 18 heavy (non-hydrogen) atoms. The van der Waals surface area contributed by atoms with Crippen molar-refractivity contribution in [1.29, 1.82) is 0 Å². The monoisotopic (exact) mass is 295 g/mol. The van der Waals surface area contributed by atoms with Gasteiger partial charge in [-0.2, -0.15) is 0 Å². The third kappa shape index (κ3) is 4.61. The van der Waals surface area contributed by atoms with E-state index in [1.165, 1.54) is 24.3 Å². The van der Waals surface area contributed by atoms with E-state index >= 15 is 0 Å². The van der Waals surface area contributed by atoms with E-state index < -0.39 is 28.5 Å². The summed E-state index contributed by atoms with van der Waals surface area (Å²) in [6.45, 7) is -0.514. The van der Waals surface area contributed by atoms with Gasteiger partial charge in [0.25, 0.3) is 0 Å². The molecule has 0 aliphatic rings. The molecule has 0 bridgehead atoms. The van der Waals surface area contributed by atoms with E-state index in [0.717, 1.165) is 6.26 Å². The van der Waals surface area contributed by atoms with Gasteiger partial charge >= 0.3 is 5.97 Å². The van der Waals surface area contributed by atoms with Gasteiger partial charge < -0.3 is 15.6 Å². The van der Waals surface area contributed by atoms with Gasteiger partial charge in [-0.15, -0.1) is 12.4 Å². The van der Waals surface area contributed by atoms with Crippen molar-refractivity contribution in [1.82, 2.24) is 0 Å². The Balaban J connectivity index is 0.00000289. The van der Waals surface area contributed by atoms with Crippen LogP contribution >= 0.6 is 12.4 Å². The van der Waals surface area contributed by atoms with Crippen molar-refractivity contribution < 1.29 is 23.1 Å². The SMILES string of the molecule is CS(=O)(=O)c1ccc(OC(=O)[C@@H](N)CO)cc1.Cl. The number of aliphatic hydroxyl groups is 1. The molecule has 102 valence electrons. The zero-order chi connectivity index (χ0) is 13.1. The largest absolute Gasteiger partial charge is 0.425 e. The van der Waals surface area contributed by atoms with E-state index in [1.54, 1.807) is 0 Å². The van der Waals surface area contributed by atoms with Crippen molar-refractivity contribution in [3.63, 3.8) is 0 Å². The topological polar surface area (TPSA) is 107 Å². The molecule has 0 saturated heterocycles. The molecule has 1 rings (SSSR count). The number of halogens is 1. The summed E-state index contributed by atoms with van der Waals surface area (Å²) < 4.78 is 27.1. The first-order valence-electron chi connectivity index (χ1n) is 4.73. The maximum atomic E-state index is 11.2. The number of esters is 1. The number of sulfone groups is 1. The average Bonchev–Trinajstić information content (AvgIpc) is 2.27. The Kier molecular flexibility index (Phi) is 6.27. The van der Waals surface area contributed by atoms with E-state index in [-0.39, 0.29) is 23.1 Å². The predicted octanol–water partition coefficient (Wildman–Crippen LogP) is -0.263. The fourth-order valence-electron chi connectivity index (χ4n) is 1.02. The first kappa shape index (κ1) is 16.9. The van der Waals surface area contributed by atoms with Gasteiger partial charge in [0.05, 0.1) is 11.5 Å². The highest BCUT2D eigenvalue weighted by molar-refractivity contribution is 7.90. The van der Waals surface area contributed by atoms with Gasteiger partial charge in [0, 0.05) is 6.26 Å². The van der Waals surface area contributed by atoms with E-state index in [9.17, 15) is 13.2 Å². The molecule has 0 unspecified atom stereocenters. The second kappa shape index (κ2) is 6.69. The van der Waals surface area contributed by atoms with Gasteiger partial charge in [-0.3, -0.25) is 0 Å². The lowest BCUT2D eigenvalue weighted by Gasteiger charge is -2.08. The minimum Gasteiger partial charge on any atom is -0.425 e. The highest BCUT2D eigenvalue weighted by Crippen LogP contribution is 2.16. The Morgan fingerprint density at radius 2 is 1.89 bits per heavy atom. The van der Waals surface area contributed by atoms with Gasteiger partial charge in [-0.25, -0.2) is 13.2 Å². The van der Waals surface area contributed by atoms with E-state index in [2.05, 4.69) is 0 Å². The van der Waals surface area contributed by atoms with Crippen molar-refractivity contribution in [3.8, 4) is 5.75 Å². The molecule has 3 N–H and O–H groups in total. The molecule has 0 spiro atoms. The first-order chi connectivity index (χ1) is 7.84. The summed E-state index contributed by atoms with van der Waals surface area (Å²) in [5.74, 6) is -0.606. The van der Waals surface area contributed by atoms with Gasteiger partial charge in [0.1, 0.15) is 11.8 Å². The number of nitrogens with two attached hydrogens (primary N) is 1. The van der Waals surface area contributed by atoms with Gasteiger partial charge in [0.15, 0.2) is 9.84 Å². The molecule has 0 aliphatic heterocycles. The maximum Gasteiger partial charge on any atom is 0.330 e. The third-order valence-electron chi connectivity index (χ3n) is 1.97. The Bertz CT molecular complexity index is 500. The molecule has 0 amide bonds. The first-order valence-corrected chi connectivity index (χ1v) is 6.62. The number of hydrogen-bond donors (Lipinski definition) is 2. The minimum absolute atomic E-state index is 0. The molecule has 0 saturated carbocycles. The quantitative estimate of drug-likeness (QED) is 0.585. The highest BCUT2D eigenvalue weighted by Gasteiger charge is 2.15. The molecule has 0 radical (unpaired) electrons. The molecular weight excluding hydrogens is 282 g/mol. The molecule has 8 heteroatoms. The normalized spacial score (nSPS) is 12.4. The summed E-state index contributed by atoms with van der Waals surface area (Å²) in [5.41, 5.74) is 5.24. The average molecular weight is 296 g/mol. The number of ether oxygens (including phenoxy) is 1. The predicted molar refractivity (Wildman–Crippen MR) is 67.5 cm³/mol. The molecular formula is C10H14ClNO5S. The standard InChI is InChI=1S/C10H13NO5S.ClH/c1-17(14,15)8-4-2-7(3-5-8)16-10(13)9(11)6-12;/h2-5,9,12H,6,11H2,1H3;1H/t9-;/m0./s1. The molecule has 1 atom stereocenters. The summed E-state index contributed by atoms with van der Waals surface area (Å²) in [5, 5.41) is 8.63. The van der Waals surface area contributed by atoms with E-state index in [4.69, 9.17) is 15.6 Å². The smallest absolute Gasteiger partial charge is 0.330 e. The van der Waals surface area contributed by atoms with Crippen molar-refractivity contribution in [2.75, 3.05) is 12.9 Å². The lowest BCUT2D eigenvalue weighted by Crippen LogP contribution is -2.37. The lowest BCUT2D eigenvalue weighted by atomic mass is 10.3. The van der Waals surface area contributed by atoms with Crippen molar-refractivity contribution in [2.24, 2.45) is 5.73 Å². The molecule has 0 heterocycles. The van der Waals surface area contributed by atoms with Crippen molar-refractivity contribution in [2.45, 2.75) is 10.9 Å². The molecule has 1 aromatic carbocycles. The summed E-state index contributed by atoms with van der Waals surface area (Å²) >= 11 is 0. The second-order valence-corrected chi connectivity index (χ2v) is 5.47. The summed E-state index contributed by atoms with van der Waals surface area (Å²) in [6.07, 6.45) is 1.08. The van der Waals surface area contributed by atoms with Gasteiger partial charge in [-0.05, 0) is 24.3 Å². The molecule has 0 aromatic heterocycles. The second-order valence-electron chi connectivity index (χ2n) is 3.45. The fourth-order valence-corrected chi connectivity index (χ4v) is 1.65. The molecule has 1 aromatic rings. The van der Waals surface area contributed by atoms with Crippen molar-refractivity contribution >= 4 is 28.2 Å².